The molecular formula is C13H12NO2. The molecule has 81 valence electrons. The Hall–Kier alpha value is -2.16. The van der Waals surface area contributed by atoms with Crippen molar-refractivity contribution < 1.29 is 10.2 Å². The van der Waals surface area contributed by atoms with Crippen molar-refractivity contribution in [2.45, 2.75) is 6.42 Å². The Morgan fingerprint density at radius 1 is 1.31 bits per heavy atom. The lowest BCUT2D eigenvalue weighted by Crippen LogP contribution is -2.09. The summed E-state index contributed by atoms with van der Waals surface area (Å²) in [5, 5.41) is 22.2. The Bertz CT molecular complexity index is 472. The van der Waals surface area contributed by atoms with Crippen LogP contribution < -0.4 is 5.32 Å². The fraction of sp³-hybridized carbons (Fsp3) is 0.0769. The third-order valence-corrected chi connectivity index (χ3v) is 2.35. The average molecular weight is 214 g/mol. The Balaban J connectivity index is 2.22. The number of aliphatic hydroxyl groups is 2. The molecule has 0 spiro atoms. The lowest BCUT2D eigenvalue weighted by molar-refractivity contribution is 0.337. The molecule has 0 heterocycles. The Morgan fingerprint density at radius 3 is 2.81 bits per heavy atom. The van der Waals surface area contributed by atoms with Crippen LogP contribution in [0.3, 0.4) is 0 Å². The Kier molecular flexibility index (Phi) is 2.68. The van der Waals surface area contributed by atoms with E-state index in [1.54, 1.807) is 18.2 Å². The van der Waals surface area contributed by atoms with E-state index < -0.39 is 0 Å². The van der Waals surface area contributed by atoms with Crippen molar-refractivity contribution in [1.82, 2.24) is 0 Å². The van der Waals surface area contributed by atoms with Crippen molar-refractivity contribution in [3.8, 4) is 0 Å². The van der Waals surface area contributed by atoms with Crippen LogP contribution in [0.4, 0.5) is 5.69 Å². The summed E-state index contributed by atoms with van der Waals surface area (Å²) in [6, 6.07) is 10.2. The van der Waals surface area contributed by atoms with E-state index in [-0.39, 0.29) is 11.5 Å². The second-order valence-electron chi connectivity index (χ2n) is 3.54. The van der Waals surface area contributed by atoms with Crippen LogP contribution in [0.2, 0.25) is 0 Å². The van der Waals surface area contributed by atoms with Crippen molar-refractivity contribution in [3.05, 3.63) is 65.8 Å². The monoisotopic (exact) mass is 214 g/mol. The number of rotatable bonds is 2. The summed E-state index contributed by atoms with van der Waals surface area (Å²) in [6.45, 7) is 3.64. The van der Waals surface area contributed by atoms with Gasteiger partial charge < -0.3 is 15.5 Å². The maximum atomic E-state index is 9.70. The first-order valence-electron chi connectivity index (χ1n) is 4.92. The largest absolute Gasteiger partial charge is 0.504 e. The Morgan fingerprint density at radius 2 is 2.12 bits per heavy atom. The topological polar surface area (TPSA) is 52.5 Å². The van der Waals surface area contributed by atoms with Gasteiger partial charge in [-0.2, -0.15) is 0 Å². The maximum Gasteiger partial charge on any atom is 0.181 e. The summed E-state index contributed by atoms with van der Waals surface area (Å²) in [5.74, 6) is -0.315. The SMILES string of the molecule is C=C1CC=C(Nc2c[c]ccc2)C(O)=C1O. The summed E-state index contributed by atoms with van der Waals surface area (Å²) in [7, 11) is 0. The zero-order valence-electron chi connectivity index (χ0n) is 8.70. The van der Waals surface area contributed by atoms with Crippen molar-refractivity contribution >= 4 is 5.69 Å². The molecule has 1 aliphatic rings. The van der Waals surface area contributed by atoms with Gasteiger partial charge in [0.2, 0.25) is 0 Å². The van der Waals surface area contributed by atoms with Crippen molar-refractivity contribution in [2.24, 2.45) is 0 Å². The molecule has 1 aromatic carbocycles. The maximum absolute atomic E-state index is 9.70. The highest BCUT2D eigenvalue weighted by molar-refractivity contribution is 5.55. The van der Waals surface area contributed by atoms with E-state index in [0.717, 1.165) is 5.69 Å². The van der Waals surface area contributed by atoms with Crippen LogP contribution in [0.5, 0.6) is 0 Å². The molecule has 0 aliphatic heterocycles. The summed E-state index contributed by atoms with van der Waals surface area (Å²) < 4.78 is 0. The van der Waals surface area contributed by atoms with Crippen LogP contribution in [-0.4, -0.2) is 10.2 Å². The molecule has 3 nitrogen and oxygen atoms in total. The molecule has 0 amide bonds. The van der Waals surface area contributed by atoms with Gasteiger partial charge in [-0.15, -0.1) is 0 Å². The van der Waals surface area contributed by atoms with E-state index in [9.17, 15) is 10.2 Å². The molecule has 0 unspecified atom stereocenters. The van der Waals surface area contributed by atoms with Gasteiger partial charge in [0.05, 0.1) is 5.70 Å². The number of nitrogens with one attached hydrogen (secondary N) is 1. The van der Waals surface area contributed by atoms with Crippen LogP contribution in [0, 0.1) is 6.07 Å². The molecule has 0 saturated carbocycles. The first-order valence-corrected chi connectivity index (χ1v) is 4.92. The molecule has 3 heteroatoms. The van der Waals surface area contributed by atoms with Crippen LogP contribution in [0.25, 0.3) is 0 Å². The van der Waals surface area contributed by atoms with E-state index in [4.69, 9.17) is 0 Å². The molecule has 0 fully saturated rings. The predicted octanol–water partition coefficient (Wildman–Crippen LogP) is 3.07. The molecule has 2 rings (SSSR count). The fourth-order valence-corrected chi connectivity index (χ4v) is 1.45. The van der Waals surface area contributed by atoms with E-state index in [1.807, 2.05) is 12.1 Å². The number of aliphatic hydroxyl groups excluding tert-OH is 2. The van der Waals surface area contributed by atoms with Gasteiger partial charge in [-0.25, -0.2) is 0 Å². The third kappa shape index (κ3) is 1.93. The van der Waals surface area contributed by atoms with Gasteiger partial charge in [0, 0.05) is 5.69 Å². The zero-order valence-corrected chi connectivity index (χ0v) is 8.70. The summed E-state index contributed by atoms with van der Waals surface area (Å²) in [5.41, 5.74) is 1.81. The van der Waals surface area contributed by atoms with E-state index in [1.165, 1.54) is 0 Å². The molecule has 0 bridgehead atoms. The molecule has 1 aliphatic carbocycles. The summed E-state index contributed by atoms with van der Waals surface area (Å²) in [6.07, 6.45) is 2.30. The molecule has 0 aromatic heterocycles. The first-order chi connectivity index (χ1) is 7.68. The van der Waals surface area contributed by atoms with Gasteiger partial charge in [-0.05, 0) is 30.2 Å². The normalized spacial score (nSPS) is 16.0. The predicted molar refractivity (Wildman–Crippen MR) is 63.0 cm³/mol. The number of anilines is 1. The summed E-state index contributed by atoms with van der Waals surface area (Å²) >= 11 is 0. The minimum Gasteiger partial charge on any atom is -0.504 e. The van der Waals surface area contributed by atoms with Gasteiger partial charge >= 0.3 is 0 Å². The minimum absolute atomic E-state index is 0.148. The zero-order chi connectivity index (χ0) is 11.5. The molecule has 16 heavy (non-hydrogen) atoms. The number of benzene rings is 1. The highest BCUT2D eigenvalue weighted by Crippen LogP contribution is 2.25. The second kappa shape index (κ2) is 4.14. The number of allylic oxidation sites excluding steroid dienone is 2. The molecule has 3 N–H and O–H groups in total. The van der Waals surface area contributed by atoms with Crippen LogP contribution in [0.15, 0.2) is 59.7 Å². The third-order valence-electron chi connectivity index (χ3n) is 2.35. The average Bonchev–Trinajstić information content (AvgIpc) is 2.31. The quantitative estimate of drug-likeness (QED) is 0.709. The van der Waals surface area contributed by atoms with Gasteiger partial charge in [0.25, 0.3) is 0 Å². The van der Waals surface area contributed by atoms with Gasteiger partial charge in [0.1, 0.15) is 0 Å². The standard InChI is InChI=1S/C13H12NO2/c1-9-7-8-11(13(16)12(9)15)14-10-5-3-2-4-6-10/h2-3,5-6,8,14-16H,1,7H2. The van der Waals surface area contributed by atoms with Crippen LogP contribution >= 0.6 is 0 Å². The highest BCUT2D eigenvalue weighted by atomic mass is 16.3. The molecular weight excluding hydrogens is 202 g/mol. The van der Waals surface area contributed by atoms with Crippen LogP contribution in [-0.2, 0) is 0 Å². The second-order valence-corrected chi connectivity index (χ2v) is 3.54. The molecule has 0 saturated heterocycles. The van der Waals surface area contributed by atoms with Gasteiger partial charge in [-0.1, -0.05) is 24.8 Å². The highest BCUT2D eigenvalue weighted by Gasteiger charge is 2.17. The summed E-state index contributed by atoms with van der Waals surface area (Å²) in [4.78, 5) is 0. The lowest BCUT2D eigenvalue weighted by atomic mass is 10.0. The lowest BCUT2D eigenvalue weighted by Gasteiger charge is -2.17. The van der Waals surface area contributed by atoms with E-state index in [2.05, 4.69) is 18.0 Å². The van der Waals surface area contributed by atoms with Crippen molar-refractivity contribution in [2.75, 3.05) is 5.32 Å². The fourth-order valence-electron chi connectivity index (χ4n) is 1.45. The van der Waals surface area contributed by atoms with Crippen LogP contribution in [0.1, 0.15) is 6.42 Å². The van der Waals surface area contributed by atoms with Crippen molar-refractivity contribution in [3.63, 3.8) is 0 Å². The number of hydrogen-bond donors (Lipinski definition) is 3. The van der Waals surface area contributed by atoms with Gasteiger partial charge in [0.15, 0.2) is 11.5 Å². The van der Waals surface area contributed by atoms with Crippen molar-refractivity contribution in [1.29, 1.82) is 0 Å². The Labute approximate surface area is 94.0 Å². The number of hydrogen-bond acceptors (Lipinski definition) is 3. The molecule has 1 aromatic rings. The molecule has 0 atom stereocenters. The minimum atomic E-state index is -0.167. The van der Waals surface area contributed by atoms with E-state index >= 15 is 0 Å². The first kappa shape index (κ1) is 10.4. The molecule has 1 radical (unpaired) electrons. The smallest absolute Gasteiger partial charge is 0.181 e. The van der Waals surface area contributed by atoms with Gasteiger partial charge in [-0.3, -0.25) is 0 Å². The van der Waals surface area contributed by atoms with E-state index in [0.29, 0.717) is 17.7 Å².